The third-order valence-electron chi connectivity index (χ3n) is 23.0. The number of nitrogens with one attached hydrogen (secondary N) is 4. The monoisotopic (exact) mass is 1700 g/mol. The number of carbonyl (C=O) groups is 8. The first-order chi connectivity index (χ1) is 58.0. The number of amides is 8. The van der Waals surface area contributed by atoms with Crippen molar-refractivity contribution in [2.45, 2.75) is 128 Å². The number of rotatable bonds is 18. The number of hydrogen-bond acceptors (Lipinski definition) is 20. The first kappa shape index (κ1) is 86.8. The molecular weight excluding hydrogens is 1620 g/mol. The average Bonchev–Trinajstić information content (AvgIpc) is 1.55. The first-order valence-corrected chi connectivity index (χ1v) is 38.9. The largest absolute Gasteiger partial charge is 0.503 e. The predicted octanol–water partition coefficient (Wildman–Crippen LogP) is 5.34. The first-order valence-electron chi connectivity index (χ1n) is 38.9. The molecule has 40 heteroatoms. The molecule has 0 saturated heterocycles. The van der Waals surface area contributed by atoms with E-state index in [4.69, 9.17) is 32.4 Å². The quantitative estimate of drug-likeness (QED) is 0.0485. The molecule has 0 bridgehead atoms. The minimum Gasteiger partial charge on any atom is -0.503 e. The van der Waals surface area contributed by atoms with Gasteiger partial charge in [-0.1, -0.05) is 24.3 Å². The molecule has 0 radical (unpaired) electrons. The van der Waals surface area contributed by atoms with Crippen LogP contribution in [0.25, 0.3) is 0 Å². The van der Waals surface area contributed by atoms with Gasteiger partial charge in [0.2, 0.25) is 21.7 Å². The van der Waals surface area contributed by atoms with Gasteiger partial charge in [-0.2, -0.15) is 0 Å². The second kappa shape index (κ2) is 34.6. The van der Waals surface area contributed by atoms with E-state index >= 15 is 0 Å². The fourth-order valence-electron chi connectivity index (χ4n) is 17.2. The normalized spacial score (nSPS) is 19.6. The minimum atomic E-state index is -1.00. The predicted molar refractivity (Wildman–Crippen MR) is 418 cm³/mol. The zero-order valence-corrected chi connectivity index (χ0v) is 66.4. The van der Waals surface area contributed by atoms with E-state index in [-0.39, 0.29) is 164 Å². The van der Waals surface area contributed by atoms with Crippen molar-refractivity contribution < 1.29 is 93.2 Å². The third kappa shape index (κ3) is 15.4. The van der Waals surface area contributed by atoms with E-state index in [0.29, 0.717) is 102 Å². The molecule has 0 fully saturated rings. The van der Waals surface area contributed by atoms with Crippen molar-refractivity contribution in [3.05, 3.63) is 250 Å². The maximum Gasteiger partial charge on any atom is 0.274 e. The highest BCUT2D eigenvalue weighted by Gasteiger charge is 2.49. The van der Waals surface area contributed by atoms with E-state index in [0.717, 1.165) is 24.3 Å². The van der Waals surface area contributed by atoms with Crippen molar-refractivity contribution in [1.82, 2.24) is 59.1 Å². The zero-order chi connectivity index (χ0) is 88.4. The van der Waals surface area contributed by atoms with Crippen molar-refractivity contribution in [2.75, 3.05) is 66.6 Å². The molecule has 8 aliphatic rings. The van der Waals surface area contributed by atoms with Crippen LogP contribution in [0.3, 0.4) is 0 Å². The fourth-order valence-corrected chi connectivity index (χ4v) is 17.2. The van der Waals surface area contributed by atoms with Crippen LogP contribution in [0.2, 0.25) is 0 Å². The Balaban J connectivity index is 0.000000140. The second-order valence-corrected chi connectivity index (χ2v) is 30.0. The molecule has 0 saturated carbocycles. The molecule has 12 heterocycles. The molecule has 644 valence electrons. The number of benzene rings is 4. The van der Waals surface area contributed by atoms with E-state index in [9.17, 15) is 103 Å². The van der Waals surface area contributed by atoms with Gasteiger partial charge < -0.3 is 102 Å². The molecule has 0 aliphatic carbocycles. The van der Waals surface area contributed by atoms with Gasteiger partial charge >= 0.3 is 0 Å². The number of methoxy groups -OCH3 is 2. The Morgan fingerprint density at radius 2 is 0.574 bits per heavy atom. The summed E-state index contributed by atoms with van der Waals surface area (Å²) in [5.41, 5.74) is 21.2. The van der Waals surface area contributed by atoms with Gasteiger partial charge in [0.25, 0.3) is 47.3 Å². The smallest absolute Gasteiger partial charge is 0.274 e. The number of nitrogens with zero attached hydrogens (tertiary/aromatic N) is 8. The highest BCUT2D eigenvalue weighted by molar-refractivity contribution is 6.04. The van der Waals surface area contributed by atoms with Crippen LogP contribution in [0.4, 0.5) is 35.1 Å². The van der Waals surface area contributed by atoms with Crippen LogP contribution in [0.5, 0.6) is 23.0 Å². The Hall–Kier alpha value is -13.1. The van der Waals surface area contributed by atoms with E-state index in [1.807, 2.05) is 13.8 Å². The summed E-state index contributed by atoms with van der Waals surface area (Å²) >= 11 is 0. The lowest BCUT2D eigenvalue weighted by atomic mass is 10.0. The Bertz CT molecular complexity index is 5620. The summed E-state index contributed by atoms with van der Waals surface area (Å²) in [6.45, 7) is 9.40. The summed E-state index contributed by atoms with van der Waals surface area (Å²) in [7, 11) is 2.52. The van der Waals surface area contributed by atoms with Gasteiger partial charge in [0.15, 0.2) is 45.8 Å². The van der Waals surface area contributed by atoms with Gasteiger partial charge in [-0.05, 0) is 77.6 Å². The molecule has 8 aliphatic heterocycles. The number of halogens is 8. The molecule has 32 nitrogen and oxygen atoms in total. The number of carbonyl (C=O) groups excluding carboxylic acids is 8. The molecule has 0 unspecified atom stereocenters. The van der Waals surface area contributed by atoms with Crippen LogP contribution in [0.1, 0.15) is 230 Å². The van der Waals surface area contributed by atoms with Gasteiger partial charge in [0.1, 0.15) is 68.8 Å². The molecule has 0 spiro atoms. The number of aromatic nitrogens is 4. The van der Waals surface area contributed by atoms with E-state index in [1.54, 1.807) is 32.8 Å². The van der Waals surface area contributed by atoms with Gasteiger partial charge in [-0.25, -0.2) is 35.1 Å². The maximum absolute atomic E-state index is 13.9. The summed E-state index contributed by atoms with van der Waals surface area (Å²) in [6, 6.07) is 8.30. The van der Waals surface area contributed by atoms with E-state index < -0.39 is 139 Å². The summed E-state index contributed by atoms with van der Waals surface area (Å²) < 4.78 is 125. The summed E-state index contributed by atoms with van der Waals surface area (Å²) in [5.74, 6) is -13.3. The number of nitrogens with two attached hydrogens (primary N) is 4. The summed E-state index contributed by atoms with van der Waals surface area (Å²) in [6.07, 6.45) is 1.70. The summed E-state index contributed by atoms with van der Waals surface area (Å²) in [4.78, 5) is 161. The third-order valence-corrected chi connectivity index (χ3v) is 23.0. The molecular formula is C82H84F8N16O16. The van der Waals surface area contributed by atoms with Crippen LogP contribution < -0.4 is 75.4 Å². The Morgan fingerprint density at radius 3 is 0.787 bits per heavy atom. The van der Waals surface area contributed by atoms with Crippen LogP contribution >= 0.6 is 0 Å². The molecule has 4 aromatic carbocycles. The minimum absolute atomic E-state index is 0.0272. The Morgan fingerprint density at radius 1 is 0.361 bits per heavy atom. The lowest BCUT2D eigenvalue weighted by Crippen LogP contribution is -2.45. The van der Waals surface area contributed by atoms with Gasteiger partial charge in [-0.3, -0.25) is 57.5 Å². The number of ether oxygens (including phenoxy) is 2. The van der Waals surface area contributed by atoms with Gasteiger partial charge in [-0.15, -0.1) is 0 Å². The standard InChI is InChI=1S/2C21H22F2N4O4.2C20H20F2N4O4/c2*1-3-26-9-12-7-14(24)16-15(18(28)19(31-2)17(21(26)30)27(12)16)20(29)25-8-10-4-5-11(22)6-13(10)23;2*1-2-25-8-11-6-13(23)15-14(17(27)18(28)16(20(25)30)26(11)15)19(29)24-7-9-3-4-10(21)5-12(9)22/h2*4-6,12,14H,3,7-9,24H2,1-2H3,(H,25,29);2*3-5,11,13,28H,2,6-8,23H2,1H3,(H,24,29)/t12-,14+;12-,14-;11-,13+;11-,13-/m1111/s1. The highest BCUT2D eigenvalue weighted by Crippen LogP contribution is 2.46. The number of pyridine rings is 4. The maximum atomic E-state index is 13.9. The molecule has 8 atom stereocenters. The number of likely N-dealkylation sites (N-methyl/N-ethyl adjacent to an activating group) is 4. The van der Waals surface area contributed by atoms with Gasteiger partial charge in [0.05, 0.1) is 61.2 Å². The van der Waals surface area contributed by atoms with Crippen molar-refractivity contribution in [2.24, 2.45) is 22.9 Å². The molecule has 122 heavy (non-hydrogen) atoms. The molecule has 8 amide bonds. The molecule has 16 rings (SSSR count). The van der Waals surface area contributed by atoms with E-state index in [2.05, 4.69) is 21.3 Å². The van der Waals surface area contributed by atoms with Crippen LogP contribution in [0.15, 0.2) is 92.0 Å². The van der Waals surface area contributed by atoms with Crippen molar-refractivity contribution in [3.8, 4) is 23.0 Å². The topological polar surface area (TPSA) is 449 Å². The second-order valence-electron chi connectivity index (χ2n) is 30.0. The highest BCUT2D eigenvalue weighted by atomic mass is 19.2. The van der Waals surface area contributed by atoms with Crippen molar-refractivity contribution in [3.63, 3.8) is 0 Å². The Kier molecular flexibility index (Phi) is 24.6. The fraction of sp³-hybridized carbons (Fsp3) is 0.366. The number of aromatic hydroxyl groups is 2. The molecule has 4 aromatic heterocycles. The average molecular weight is 1700 g/mol. The SMILES string of the molecule is CCN1C[C@H]2C[C@@H](N)c3c(C(=O)NCc4ccc(F)cc4F)c(=O)c(O)c(n32)C1=O.CCN1C[C@H]2C[C@@H](N)c3c(C(=O)NCc4ccc(F)cc4F)c(=O)c(OC)c(n32)C1=O.CCN1C[C@H]2C[C@H](N)c3c(C(=O)NCc4ccc(F)cc4F)c(=O)c(O)c(n32)C1=O.CCN1C[C@H]2C[C@H](N)c3c(C(=O)NCc4ccc(F)cc4F)c(=O)c(OC)c(n32)C1=O. The lowest BCUT2D eigenvalue weighted by molar-refractivity contribution is 0.0668. The number of hydrogen-bond donors (Lipinski definition) is 10. The molecule has 14 N–H and O–H groups in total. The van der Waals surface area contributed by atoms with Gasteiger partial charge in [0, 0.05) is 149 Å². The zero-order valence-electron chi connectivity index (χ0n) is 66.4. The lowest BCUT2D eigenvalue weighted by Gasteiger charge is -2.34. The van der Waals surface area contributed by atoms with Crippen molar-refractivity contribution in [1.29, 1.82) is 0 Å². The van der Waals surface area contributed by atoms with Crippen LogP contribution in [-0.4, -0.2) is 162 Å². The Labute approximate surface area is 687 Å². The summed E-state index contributed by atoms with van der Waals surface area (Å²) in [5, 5.41) is 30.8. The van der Waals surface area contributed by atoms with Crippen LogP contribution in [-0.2, 0) is 26.2 Å². The van der Waals surface area contributed by atoms with Crippen molar-refractivity contribution >= 4 is 47.3 Å². The molecule has 8 aromatic rings. The van der Waals surface area contributed by atoms with E-state index in [1.165, 1.54) is 57.4 Å². The van der Waals surface area contributed by atoms with Crippen LogP contribution in [0, 0.1) is 46.5 Å².